The van der Waals surface area contributed by atoms with Gasteiger partial charge in [-0.3, -0.25) is 14.2 Å². The maximum atomic E-state index is 13.2. The molecule has 1 amide bonds. The van der Waals surface area contributed by atoms with Crippen molar-refractivity contribution in [1.29, 1.82) is 0 Å². The summed E-state index contributed by atoms with van der Waals surface area (Å²) in [7, 11) is 0. The molecule has 7 heteroatoms. The number of carbonyl (C=O) groups is 1. The molecule has 1 aromatic heterocycles. The second-order valence-electron chi connectivity index (χ2n) is 6.67. The van der Waals surface area contributed by atoms with Gasteiger partial charge in [-0.05, 0) is 30.7 Å². The largest absolute Gasteiger partial charge is 0.282 e. The number of hydrogen-bond donors (Lipinski definition) is 0. The summed E-state index contributed by atoms with van der Waals surface area (Å²) in [5.74, 6) is -2.87. The highest BCUT2D eigenvalue weighted by molar-refractivity contribution is 9.07. The van der Waals surface area contributed by atoms with Gasteiger partial charge >= 0.3 is 0 Å². The van der Waals surface area contributed by atoms with Gasteiger partial charge in [-0.15, -0.1) is 0 Å². The van der Waals surface area contributed by atoms with Crippen LogP contribution in [0.4, 0.5) is 8.78 Å². The minimum atomic E-state index is -2.60. The van der Waals surface area contributed by atoms with Gasteiger partial charge in [0.1, 0.15) is 11.4 Å². The van der Waals surface area contributed by atoms with Gasteiger partial charge < -0.3 is 0 Å². The Hall–Kier alpha value is -1.24. The Balaban J connectivity index is 1.79. The Kier molecular flexibility index (Phi) is 2.28. The number of alkyl halides is 2. The van der Waals surface area contributed by atoms with Crippen molar-refractivity contribution < 1.29 is 13.6 Å². The molecule has 2 saturated carbocycles. The lowest BCUT2D eigenvalue weighted by Crippen LogP contribution is -2.66. The van der Waals surface area contributed by atoms with Crippen LogP contribution in [0.5, 0.6) is 0 Å². The van der Waals surface area contributed by atoms with Gasteiger partial charge in [0.2, 0.25) is 5.92 Å². The first-order valence-electron chi connectivity index (χ1n) is 6.81. The van der Waals surface area contributed by atoms with Gasteiger partial charge in [-0.2, -0.15) is 0 Å². The number of fused-ring (bicyclic) bond motifs is 2. The second kappa shape index (κ2) is 3.56. The van der Waals surface area contributed by atoms with Crippen molar-refractivity contribution >= 4 is 22.1 Å². The highest BCUT2D eigenvalue weighted by atomic mass is 79.9. The molecule has 2 heterocycles. The lowest BCUT2D eigenvalue weighted by Gasteiger charge is -2.62. The average molecular weight is 359 g/mol. The predicted octanol–water partition coefficient (Wildman–Crippen LogP) is 2.78. The molecule has 112 valence electrons. The molecule has 0 atom stereocenters. The molecule has 1 aliphatic heterocycles. The Morgan fingerprint density at radius 3 is 2.33 bits per heavy atom. The molecule has 2 aliphatic carbocycles. The topological polar surface area (TPSA) is 42.3 Å². The summed E-state index contributed by atoms with van der Waals surface area (Å²) < 4.78 is 29.2. The first kappa shape index (κ1) is 13.4. The summed E-state index contributed by atoms with van der Waals surface area (Å²) >= 11 is 3.26. The van der Waals surface area contributed by atoms with Crippen LogP contribution in [-0.4, -0.2) is 20.3 Å². The molecule has 3 aliphatic rings. The third-order valence-corrected chi connectivity index (χ3v) is 6.02. The summed E-state index contributed by atoms with van der Waals surface area (Å²) in [5.41, 5.74) is -0.417. The van der Waals surface area contributed by atoms with E-state index in [0.717, 1.165) is 5.56 Å². The van der Waals surface area contributed by atoms with Gasteiger partial charge in [0, 0.05) is 18.9 Å². The van der Waals surface area contributed by atoms with Crippen molar-refractivity contribution in [2.24, 2.45) is 5.41 Å². The van der Waals surface area contributed by atoms with Crippen molar-refractivity contribution in [1.82, 2.24) is 8.49 Å². The first-order valence-corrected chi connectivity index (χ1v) is 7.52. The summed E-state index contributed by atoms with van der Waals surface area (Å²) in [6.07, 6.45) is 0.519. The number of nitrogens with zero attached hydrogens (tertiary/aromatic N) is 2. The fraction of sp³-hybridized carbons (Fsp3) is 0.571. The average Bonchev–Trinajstić information content (AvgIpc) is 2.54. The Labute approximate surface area is 128 Å². The van der Waals surface area contributed by atoms with Gasteiger partial charge in [-0.1, -0.05) is 6.07 Å². The Morgan fingerprint density at radius 1 is 1.14 bits per heavy atom. The van der Waals surface area contributed by atoms with Gasteiger partial charge in [-0.25, -0.2) is 12.7 Å². The standard InChI is InChI=1S/C14H13BrF2N2O2/c1-8-2-3-9(20)18-10(8)11(21)19(15)14(18)6-12(7-14)4-13(16,17)5-12/h2-3H,4-7H2,1H3. The molecule has 4 rings (SSSR count). The molecular weight excluding hydrogens is 346 g/mol. The first-order chi connectivity index (χ1) is 9.70. The van der Waals surface area contributed by atoms with Crippen LogP contribution >= 0.6 is 16.1 Å². The predicted molar refractivity (Wildman–Crippen MR) is 74.4 cm³/mol. The van der Waals surface area contributed by atoms with E-state index in [9.17, 15) is 18.4 Å². The molecule has 1 aromatic rings. The number of hydrogen-bond acceptors (Lipinski definition) is 2. The number of aryl methyl sites for hydroxylation is 1. The third-order valence-electron chi connectivity index (χ3n) is 5.04. The van der Waals surface area contributed by atoms with E-state index in [4.69, 9.17) is 0 Å². The number of amides is 1. The minimum absolute atomic E-state index is 0.146. The van der Waals surface area contributed by atoms with Gasteiger partial charge in [0.15, 0.2) is 0 Å². The minimum Gasteiger partial charge on any atom is -0.278 e. The Morgan fingerprint density at radius 2 is 1.76 bits per heavy atom. The monoisotopic (exact) mass is 358 g/mol. The highest BCUT2D eigenvalue weighted by Gasteiger charge is 2.71. The van der Waals surface area contributed by atoms with Crippen LogP contribution in [0.3, 0.4) is 0 Å². The van der Waals surface area contributed by atoms with Crippen LogP contribution in [0.15, 0.2) is 16.9 Å². The van der Waals surface area contributed by atoms with Crippen molar-refractivity contribution in [2.75, 3.05) is 0 Å². The molecule has 0 saturated heterocycles. The van der Waals surface area contributed by atoms with Crippen LogP contribution in [0.2, 0.25) is 0 Å². The molecular formula is C14H13BrF2N2O2. The summed E-state index contributed by atoms with van der Waals surface area (Å²) in [4.78, 5) is 24.6. The van der Waals surface area contributed by atoms with E-state index in [1.807, 2.05) is 0 Å². The number of pyridine rings is 1. The molecule has 0 unspecified atom stereocenters. The van der Waals surface area contributed by atoms with Crippen molar-refractivity contribution in [3.05, 3.63) is 33.7 Å². The molecule has 2 spiro atoms. The van der Waals surface area contributed by atoms with Crippen LogP contribution in [0.25, 0.3) is 0 Å². The lowest BCUT2D eigenvalue weighted by atomic mass is 9.50. The van der Waals surface area contributed by atoms with Crippen LogP contribution in [0.1, 0.15) is 41.7 Å². The molecule has 21 heavy (non-hydrogen) atoms. The highest BCUT2D eigenvalue weighted by Crippen LogP contribution is 2.70. The zero-order valence-electron chi connectivity index (χ0n) is 11.3. The summed E-state index contributed by atoms with van der Waals surface area (Å²) in [6.45, 7) is 1.77. The van der Waals surface area contributed by atoms with Gasteiger partial charge in [0.25, 0.3) is 11.5 Å². The number of aromatic nitrogens is 1. The maximum absolute atomic E-state index is 13.2. The van der Waals surface area contributed by atoms with E-state index in [2.05, 4.69) is 16.1 Å². The van der Waals surface area contributed by atoms with Gasteiger partial charge in [0.05, 0.1) is 16.1 Å². The van der Waals surface area contributed by atoms with Crippen molar-refractivity contribution in [2.45, 2.75) is 44.2 Å². The zero-order valence-corrected chi connectivity index (χ0v) is 12.9. The van der Waals surface area contributed by atoms with E-state index in [-0.39, 0.29) is 24.3 Å². The Bertz CT molecular complexity index is 727. The SMILES string of the molecule is Cc1ccc(=O)n2c1C(=O)N(Br)C21CC2(CC(F)(F)C2)C1. The summed E-state index contributed by atoms with van der Waals surface area (Å²) in [6, 6.07) is 3.05. The smallest absolute Gasteiger partial charge is 0.278 e. The third kappa shape index (κ3) is 1.48. The molecule has 0 N–H and O–H groups in total. The van der Waals surface area contributed by atoms with E-state index in [0.29, 0.717) is 18.5 Å². The van der Waals surface area contributed by atoms with Crippen molar-refractivity contribution in [3.8, 4) is 0 Å². The quantitative estimate of drug-likeness (QED) is 0.669. The fourth-order valence-corrected chi connectivity index (χ4v) is 5.00. The van der Waals surface area contributed by atoms with Crippen LogP contribution < -0.4 is 5.56 Å². The molecule has 0 radical (unpaired) electrons. The maximum Gasteiger partial charge on any atom is 0.282 e. The van der Waals surface area contributed by atoms with E-state index in [1.165, 1.54) is 14.6 Å². The van der Waals surface area contributed by atoms with E-state index < -0.39 is 17.0 Å². The molecule has 2 fully saturated rings. The van der Waals surface area contributed by atoms with Crippen LogP contribution in [-0.2, 0) is 5.66 Å². The van der Waals surface area contributed by atoms with Crippen molar-refractivity contribution in [3.63, 3.8) is 0 Å². The van der Waals surface area contributed by atoms with E-state index >= 15 is 0 Å². The van der Waals surface area contributed by atoms with E-state index in [1.54, 1.807) is 13.0 Å². The lowest BCUT2D eigenvalue weighted by molar-refractivity contribution is -0.237. The molecule has 0 bridgehead atoms. The number of halogens is 3. The molecule has 0 aromatic carbocycles. The van der Waals surface area contributed by atoms with Crippen LogP contribution in [0, 0.1) is 12.3 Å². The number of rotatable bonds is 0. The fourth-order valence-electron chi connectivity index (χ4n) is 4.43. The normalized spacial score (nSPS) is 26.7. The second-order valence-corrected chi connectivity index (χ2v) is 7.38. The zero-order chi connectivity index (χ0) is 15.2. The number of carbonyl (C=O) groups excluding carboxylic acids is 1. The molecule has 4 nitrogen and oxygen atoms in total. The summed E-state index contributed by atoms with van der Waals surface area (Å²) in [5, 5.41) is 0.